The quantitative estimate of drug-likeness (QED) is 0.731. The Morgan fingerprint density at radius 3 is 2.46 bits per heavy atom. The van der Waals surface area contributed by atoms with Gasteiger partial charge in [-0.15, -0.1) is 0 Å². The maximum absolute atomic E-state index is 6.28. The van der Waals surface area contributed by atoms with Gasteiger partial charge in [-0.1, -0.05) is 58.4 Å². The molecule has 126 valence electrons. The minimum Gasteiger partial charge on any atom is -0.381 e. The summed E-state index contributed by atoms with van der Waals surface area (Å²) < 4.78 is 12.8. The lowest BCUT2D eigenvalue weighted by molar-refractivity contribution is -0.112. The van der Waals surface area contributed by atoms with Crippen LogP contribution in [0.15, 0.2) is 71.3 Å². The van der Waals surface area contributed by atoms with Gasteiger partial charge in [-0.3, -0.25) is 0 Å². The van der Waals surface area contributed by atoms with Gasteiger partial charge in [0.1, 0.15) is 12.3 Å². The van der Waals surface area contributed by atoms with Crippen molar-refractivity contribution in [2.75, 3.05) is 20.4 Å². The van der Waals surface area contributed by atoms with Gasteiger partial charge in [0.25, 0.3) is 0 Å². The van der Waals surface area contributed by atoms with Gasteiger partial charge >= 0.3 is 0 Å². The SMILES string of the molecule is COC[C@@]1(c2ccccc2)C=CN([C@@H](C)c2ccc(Br)cc2)CO1. The lowest BCUT2D eigenvalue weighted by atomic mass is 9.93. The van der Waals surface area contributed by atoms with E-state index in [-0.39, 0.29) is 6.04 Å². The van der Waals surface area contributed by atoms with Gasteiger partial charge in [-0.2, -0.15) is 0 Å². The lowest BCUT2D eigenvalue weighted by Crippen LogP contribution is -2.41. The minimum absolute atomic E-state index is 0.241. The Morgan fingerprint density at radius 2 is 1.88 bits per heavy atom. The smallest absolute Gasteiger partial charge is 0.138 e. The van der Waals surface area contributed by atoms with Crippen molar-refractivity contribution in [1.82, 2.24) is 4.90 Å². The Morgan fingerprint density at radius 1 is 1.17 bits per heavy atom. The fourth-order valence-corrected chi connectivity index (χ4v) is 3.22. The van der Waals surface area contributed by atoms with Gasteiger partial charge in [0.2, 0.25) is 0 Å². The summed E-state index contributed by atoms with van der Waals surface area (Å²) in [7, 11) is 1.71. The van der Waals surface area contributed by atoms with Crippen LogP contribution in [-0.4, -0.2) is 25.3 Å². The summed E-state index contributed by atoms with van der Waals surface area (Å²) >= 11 is 3.48. The molecular formula is C20H22BrNO2. The normalized spacial score (nSPS) is 21.7. The van der Waals surface area contributed by atoms with Gasteiger partial charge in [-0.05, 0) is 36.3 Å². The predicted molar refractivity (Wildman–Crippen MR) is 99.5 cm³/mol. The molecular weight excluding hydrogens is 366 g/mol. The largest absolute Gasteiger partial charge is 0.381 e. The van der Waals surface area contributed by atoms with E-state index in [1.807, 2.05) is 18.2 Å². The highest BCUT2D eigenvalue weighted by Crippen LogP contribution is 2.34. The van der Waals surface area contributed by atoms with Gasteiger partial charge in [0, 0.05) is 17.8 Å². The summed E-state index contributed by atoms with van der Waals surface area (Å²) in [5, 5.41) is 0. The van der Waals surface area contributed by atoms with E-state index in [9.17, 15) is 0 Å². The summed E-state index contributed by atoms with van der Waals surface area (Å²) in [4.78, 5) is 2.19. The monoisotopic (exact) mass is 387 g/mol. The van der Waals surface area contributed by atoms with E-state index in [0.717, 1.165) is 10.0 Å². The Labute approximate surface area is 152 Å². The second kappa shape index (κ2) is 7.51. The van der Waals surface area contributed by atoms with E-state index in [0.29, 0.717) is 13.3 Å². The molecule has 0 fully saturated rings. The fourth-order valence-electron chi connectivity index (χ4n) is 2.96. The summed E-state index contributed by atoms with van der Waals surface area (Å²) in [6.45, 7) is 3.20. The molecule has 0 radical (unpaired) electrons. The highest BCUT2D eigenvalue weighted by Gasteiger charge is 2.34. The average Bonchev–Trinajstić information content (AvgIpc) is 2.63. The molecule has 1 aliphatic rings. The van der Waals surface area contributed by atoms with E-state index in [4.69, 9.17) is 9.47 Å². The van der Waals surface area contributed by atoms with E-state index in [2.05, 4.69) is 76.4 Å². The number of hydrogen-bond donors (Lipinski definition) is 0. The highest BCUT2D eigenvalue weighted by atomic mass is 79.9. The van der Waals surface area contributed by atoms with E-state index in [1.54, 1.807) is 7.11 Å². The van der Waals surface area contributed by atoms with Gasteiger partial charge in [0.05, 0.1) is 12.6 Å². The third-order valence-electron chi connectivity index (χ3n) is 4.48. The molecule has 0 bridgehead atoms. The van der Waals surface area contributed by atoms with Crippen LogP contribution >= 0.6 is 15.9 Å². The number of benzene rings is 2. The molecule has 0 spiro atoms. The maximum Gasteiger partial charge on any atom is 0.138 e. The third kappa shape index (κ3) is 3.56. The second-order valence-corrected chi connectivity index (χ2v) is 6.94. The first kappa shape index (κ1) is 17.2. The molecule has 1 aliphatic heterocycles. The minimum atomic E-state index is -0.522. The lowest BCUT2D eigenvalue weighted by Gasteiger charge is -2.40. The van der Waals surface area contributed by atoms with Crippen molar-refractivity contribution in [2.24, 2.45) is 0 Å². The molecule has 0 amide bonds. The second-order valence-electron chi connectivity index (χ2n) is 6.02. The Balaban J connectivity index is 1.82. The molecule has 0 N–H and O–H groups in total. The van der Waals surface area contributed by atoms with Crippen LogP contribution in [0, 0.1) is 0 Å². The molecule has 2 aromatic rings. The van der Waals surface area contributed by atoms with Crippen molar-refractivity contribution in [3.63, 3.8) is 0 Å². The van der Waals surface area contributed by atoms with Gasteiger partial charge < -0.3 is 14.4 Å². The Kier molecular flexibility index (Phi) is 5.39. The number of halogens is 1. The van der Waals surface area contributed by atoms with Crippen LogP contribution in [0.1, 0.15) is 24.1 Å². The number of ether oxygens (including phenoxy) is 2. The molecule has 2 aromatic carbocycles. The highest BCUT2D eigenvalue weighted by molar-refractivity contribution is 9.10. The molecule has 1 heterocycles. The van der Waals surface area contributed by atoms with Crippen LogP contribution in [0.5, 0.6) is 0 Å². The van der Waals surface area contributed by atoms with Crippen LogP contribution in [-0.2, 0) is 15.1 Å². The zero-order valence-corrected chi connectivity index (χ0v) is 15.6. The molecule has 0 saturated heterocycles. The predicted octanol–water partition coefficient (Wildman–Crippen LogP) is 4.86. The molecule has 0 aliphatic carbocycles. The summed E-state index contributed by atoms with van der Waals surface area (Å²) in [5.74, 6) is 0. The van der Waals surface area contributed by atoms with Crippen molar-refractivity contribution in [3.05, 3.63) is 82.5 Å². The molecule has 0 aromatic heterocycles. The Bertz CT molecular complexity index is 687. The topological polar surface area (TPSA) is 21.7 Å². The Hall–Kier alpha value is -1.62. The van der Waals surface area contributed by atoms with Crippen LogP contribution in [0.2, 0.25) is 0 Å². The van der Waals surface area contributed by atoms with Crippen LogP contribution in [0.3, 0.4) is 0 Å². The number of hydrogen-bond acceptors (Lipinski definition) is 3. The molecule has 0 saturated carbocycles. The molecule has 2 atom stereocenters. The average molecular weight is 388 g/mol. The summed E-state index contributed by atoms with van der Waals surface area (Å²) in [6, 6.07) is 18.9. The van der Waals surface area contributed by atoms with Gasteiger partial charge in [-0.25, -0.2) is 0 Å². The zero-order valence-electron chi connectivity index (χ0n) is 14.0. The van der Waals surface area contributed by atoms with Crippen molar-refractivity contribution < 1.29 is 9.47 Å². The van der Waals surface area contributed by atoms with Crippen molar-refractivity contribution in [2.45, 2.75) is 18.6 Å². The van der Waals surface area contributed by atoms with Crippen molar-refractivity contribution in [1.29, 1.82) is 0 Å². The van der Waals surface area contributed by atoms with Crippen LogP contribution in [0.4, 0.5) is 0 Å². The summed E-state index contributed by atoms with van der Waals surface area (Å²) in [5.41, 5.74) is 1.84. The molecule has 3 rings (SSSR count). The van der Waals surface area contributed by atoms with Gasteiger partial charge in [0.15, 0.2) is 0 Å². The van der Waals surface area contributed by atoms with E-state index >= 15 is 0 Å². The molecule has 24 heavy (non-hydrogen) atoms. The summed E-state index contributed by atoms with van der Waals surface area (Å²) in [6.07, 6.45) is 4.23. The fraction of sp³-hybridized carbons (Fsp3) is 0.300. The van der Waals surface area contributed by atoms with Crippen LogP contribution < -0.4 is 0 Å². The first-order chi connectivity index (χ1) is 11.6. The molecule has 4 heteroatoms. The van der Waals surface area contributed by atoms with E-state index < -0.39 is 5.60 Å². The van der Waals surface area contributed by atoms with Crippen molar-refractivity contribution >= 4 is 15.9 Å². The standard InChI is InChI=1S/C20H22BrNO2/c1-16(17-8-10-19(21)11-9-17)22-13-12-20(14-23-2,24-15-22)18-6-4-3-5-7-18/h3-13,16H,14-15H2,1-2H3/t16-,20+/m0/s1. The number of rotatable bonds is 5. The van der Waals surface area contributed by atoms with Crippen molar-refractivity contribution in [3.8, 4) is 0 Å². The number of nitrogens with zero attached hydrogens (tertiary/aromatic N) is 1. The third-order valence-corrected chi connectivity index (χ3v) is 5.01. The first-order valence-corrected chi connectivity index (χ1v) is 8.83. The maximum atomic E-state index is 6.28. The molecule has 3 nitrogen and oxygen atoms in total. The van der Waals surface area contributed by atoms with E-state index in [1.165, 1.54) is 5.56 Å². The zero-order chi connectivity index (χ0) is 17.0. The number of methoxy groups -OCH3 is 1. The molecule has 0 unspecified atom stereocenters. The van der Waals surface area contributed by atoms with Crippen LogP contribution in [0.25, 0.3) is 0 Å². The first-order valence-electron chi connectivity index (χ1n) is 8.03.